The van der Waals surface area contributed by atoms with Crippen LogP contribution in [0.2, 0.25) is 0 Å². The van der Waals surface area contributed by atoms with Crippen LogP contribution in [0.25, 0.3) is 11.8 Å². The normalized spacial score (nSPS) is 15.8. The lowest BCUT2D eigenvalue weighted by molar-refractivity contribution is -0.130. The molecule has 2 aromatic rings. The van der Waals surface area contributed by atoms with E-state index in [-0.39, 0.29) is 5.97 Å². The molecule has 3 rings (SSSR count). The number of cyclic esters (lactones) is 1. The van der Waals surface area contributed by atoms with E-state index in [9.17, 15) is 4.79 Å². The number of carbonyl (C=O) groups excluding carboxylic acids is 1. The highest BCUT2D eigenvalue weighted by Crippen LogP contribution is 2.27. The highest BCUT2D eigenvalue weighted by Gasteiger charge is 2.21. The molecule has 2 aromatic carbocycles. The smallest absolute Gasteiger partial charge is 0.343 e. The number of esters is 1. The van der Waals surface area contributed by atoms with Gasteiger partial charge in [0.05, 0.1) is 5.57 Å². The third-order valence-corrected chi connectivity index (χ3v) is 3.77. The summed E-state index contributed by atoms with van der Waals surface area (Å²) in [7, 11) is 0. The predicted octanol–water partition coefficient (Wildman–Crippen LogP) is 4.54. The van der Waals surface area contributed by atoms with Crippen LogP contribution >= 0.6 is 0 Å². The lowest BCUT2D eigenvalue weighted by Gasteiger charge is -2.01. The van der Waals surface area contributed by atoms with Gasteiger partial charge in [-0.15, -0.1) is 0 Å². The number of aryl methyl sites for hydroxylation is 2. The molecule has 0 amide bonds. The monoisotopic (exact) mass is 290 g/mol. The van der Waals surface area contributed by atoms with Crippen molar-refractivity contribution in [3.63, 3.8) is 0 Å². The van der Waals surface area contributed by atoms with Gasteiger partial charge in [0.15, 0.2) is 0 Å². The zero-order valence-corrected chi connectivity index (χ0v) is 12.8. The van der Waals surface area contributed by atoms with Crippen molar-refractivity contribution in [3.05, 3.63) is 82.4 Å². The minimum Gasteiger partial charge on any atom is -0.422 e. The zero-order valence-electron chi connectivity index (χ0n) is 12.8. The summed E-state index contributed by atoms with van der Waals surface area (Å²) < 4.78 is 5.37. The quantitative estimate of drug-likeness (QED) is 0.613. The first-order chi connectivity index (χ1) is 10.7. The molecule has 1 heterocycles. The molecule has 1 aliphatic heterocycles. The third kappa shape index (κ3) is 3.01. The Morgan fingerprint density at radius 1 is 1.00 bits per heavy atom. The molecule has 110 valence electrons. The molecule has 0 saturated carbocycles. The maximum atomic E-state index is 12.0. The Morgan fingerprint density at radius 2 is 1.68 bits per heavy atom. The summed E-state index contributed by atoms with van der Waals surface area (Å²) >= 11 is 0. The van der Waals surface area contributed by atoms with E-state index in [4.69, 9.17) is 4.74 Å². The minimum atomic E-state index is -0.296. The molecule has 0 atom stereocenters. The number of ether oxygens (including phenoxy) is 1. The molecule has 0 N–H and O–H groups in total. The Hall–Kier alpha value is -2.61. The van der Waals surface area contributed by atoms with Crippen molar-refractivity contribution in [2.24, 2.45) is 0 Å². The standard InChI is InChI=1S/C20H18O2/c1-3-15-6-8-16(9-7-15)12-18-13-19(22-20(18)21)17-10-4-14(2)5-11-17/h4-13H,3H2,1-2H3/b18-12+. The highest BCUT2D eigenvalue weighted by atomic mass is 16.5. The first-order valence-electron chi connectivity index (χ1n) is 7.47. The van der Waals surface area contributed by atoms with Crippen LogP contribution in [0.4, 0.5) is 0 Å². The second kappa shape index (κ2) is 6.02. The van der Waals surface area contributed by atoms with Crippen molar-refractivity contribution < 1.29 is 9.53 Å². The number of hydrogen-bond donors (Lipinski definition) is 0. The van der Waals surface area contributed by atoms with E-state index in [1.165, 1.54) is 11.1 Å². The SMILES string of the molecule is CCc1ccc(/C=C2\C=C(c3ccc(C)cc3)OC2=O)cc1. The molecule has 0 aromatic heterocycles. The molecular weight excluding hydrogens is 272 g/mol. The van der Waals surface area contributed by atoms with Crippen LogP contribution < -0.4 is 0 Å². The average Bonchev–Trinajstić information content (AvgIpc) is 2.90. The van der Waals surface area contributed by atoms with Crippen LogP contribution in [0.5, 0.6) is 0 Å². The second-order valence-corrected chi connectivity index (χ2v) is 5.46. The van der Waals surface area contributed by atoms with Gasteiger partial charge in [-0.25, -0.2) is 4.79 Å². The molecule has 0 saturated heterocycles. The summed E-state index contributed by atoms with van der Waals surface area (Å²) in [4.78, 5) is 12.0. The van der Waals surface area contributed by atoms with Gasteiger partial charge in [0.25, 0.3) is 0 Å². The molecule has 2 nitrogen and oxygen atoms in total. The number of hydrogen-bond acceptors (Lipinski definition) is 2. The summed E-state index contributed by atoms with van der Waals surface area (Å²) in [5, 5.41) is 0. The maximum Gasteiger partial charge on any atom is 0.343 e. The van der Waals surface area contributed by atoms with Crippen LogP contribution in [0, 0.1) is 6.92 Å². The van der Waals surface area contributed by atoms with Crippen molar-refractivity contribution in [1.82, 2.24) is 0 Å². The average molecular weight is 290 g/mol. The maximum absolute atomic E-state index is 12.0. The minimum absolute atomic E-state index is 0.296. The molecule has 0 aliphatic carbocycles. The van der Waals surface area contributed by atoms with E-state index in [0.29, 0.717) is 11.3 Å². The van der Waals surface area contributed by atoms with Gasteiger partial charge in [0.1, 0.15) is 5.76 Å². The van der Waals surface area contributed by atoms with E-state index in [1.54, 1.807) is 6.08 Å². The summed E-state index contributed by atoms with van der Waals surface area (Å²) in [5.74, 6) is 0.316. The first-order valence-corrected chi connectivity index (χ1v) is 7.47. The summed E-state index contributed by atoms with van der Waals surface area (Å²) in [6, 6.07) is 16.2. The number of carbonyl (C=O) groups is 1. The van der Waals surface area contributed by atoms with E-state index >= 15 is 0 Å². The Kier molecular flexibility index (Phi) is 3.92. The third-order valence-electron chi connectivity index (χ3n) is 3.77. The van der Waals surface area contributed by atoms with Crippen molar-refractivity contribution in [2.75, 3.05) is 0 Å². The van der Waals surface area contributed by atoms with Crippen LogP contribution in [-0.2, 0) is 16.0 Å². The topological polar surface area (TPSA) is 26.3 Å². The number of rotatable bonds is 3. The molecule has 0 spiro atoms. The predicted molar refractivity (Wildman–Crippen MR) is 89.0 cm³/mol. The van der Waals surface area contributed by atoms with Gasteiger partial charge in [-0.2, -0.15) is 0 Å². The van der Waals surface area contributed by atoms with Crippen molar-refractivity contribution in [3.8, 4) is 0 Å². The molecule has 22 heavy (non-hydrogen) atoms. The second-order valence-electron chi connectivity index (χ2n) is 5.46. The van der Waals surface area contributed by atoms with Crippen LogP contribution in [0.15, 0.2) is 60.2 Å². The Labute approximate surface area is 130 Å². The van der Waals surface area contributed by atoms with E-state index in [1.807, 2.05) is 49.4 Å². The molecule has 1 aliphatic rings. The molecule has 0 radical (unpaired) electrons. The summed E-state index contributed by atoms with van der Waals surface area (Å²) in [6.45, 7) is 4.16. The van der Waals surface area contributed by atoms with Crippen LogP contribution in [0.1, 0.15) is 29.2 Å². The molecule has 0 fully saturated rings. The fourth-order valence-corrected chi connectivity index (χ4v) is 2.38. The van der Waals surface area contributed by atoms with Gasteiger partial charge in [0, 0.05) is 5.56 Å². The van der Waals surface area contributed by atoms with Crippen LogP contribution in [0.3, 0.4) is 0 Å². The first kappa shape index (κ1) is 14.3. The van der Waals surface area contributed by atoms with E-state index in [2.05, 4.69) is 19.1 Å². The van der Waals surface area contributed by atoms with E-state index in [0.717, 1.165) is 17.5 Å². The van der Waals surface area contributed by atoms with Gasteiger partial charge in [0.2, 0.25) is 0 Å². The van der Waals surface area contributed by atoms with Crippen molar-refractivity contribution in [1.29, 1.82) is 0 Å². The largest absolute Gasteiger partial charge is 0.422 e. The van der Waals surface area contributed by atoms with Gasteiger partial charge < -0.3 is 4.74 Å². The fourth-order valence-electron chi connectivity index (χ4n) is 2.38. The molecule has 0 bridgehead atoms. The fraction of sp³-hybridized carbons (Fsp3) is 0.150. The summed E-state index contributed by atoms with van der Waals surface area (Å²) in [5.41, 5.74) is 4.97. The molecule has 2 heteroatoms. The van der Waals surface area contributed by atoms with Gasteiger partial charge in [-0.1, -0.05) is 61.0 Å². The van der Waals surface area contributed by atoms with Gasteiger partial charge in [-0.3, -0.25) is 0 Å². The van der Waals surface area contributed by atoms with Crippen molar-refractivity contribution >= 4 is 17.8 Å². The lowest BCUT2D eigenvalue weighted by atomic mass is 10.1. The lowest BCUT2D eigenvalue weighted by Crippen LogP contribution is -1.97. The zero-order chi connectivity index (χ0) is 15.5. The molecule has 0 unspecified atom stereocenters. The highest BCUT2D eigenvalue weighted by molar-refractivity contribution is 6.05. The Balaban J connectivity index is 1.88. The van der Waals surface area contributed by atoms with Crippen LogP contribution in [-0.4, -0.2) is 5.97 Å². The van der Waals surface area contributed by atoms with E-state index < -0.39 is 0 Å². The van der Waals surface area contributed by atoms with Gasteiger partial charge in [-0.05, 0) is 36.6 Å². The van der Waals surface area contributed by atoms with Gasteiger partial charge >= 0.3 is 5.97 Å². The summed E-state index contributed by atoms with van der Waals surface area (Å²) in [6.07, 6.45) is 4.68. The number of benzene rings is 2. The Bertz CT molecular complexity index is 747. The Morgan fingerprint density at radius 3 is 2.32 bits per heavy atom. The molecular formula is C20H18O2. The van der Waals surface area contributed by atoms with Crippen molar-refractivity contribution in [2.45, 2.75) is 20.3 Å².